The predicted molar refractivity (Wildman–Crippen MR) is 78.8 cm³/mol. The third-order valence-electron chi connectivity index (χ3n) is 2.91. The largest absolute Gasteiger partial charge is 0.494 e. The van der Waals surface area contributed by atoms with Gasteiger partial charge in [0.2, 0.25) is 0 Å². The molecular formula is C16H24O4. The summed E-state index contributed by atoms with van der Waals surface area (Å²) in [6.45, 7) is 11.1. The second-order valence-corrected chi connectivity index (χ2v) is 5.64. The summed E-state index contributed by atoms with van der Waals surface area (Å²) in [5.74, 6) is 0.486. The number of carboxylic acid groups (broad SMARTS) is 1. The number of hydrogen-bond donors (Lipinski definition) is 1. The summed E-state index contributed by atoms with van der Waals surface area (Å²) in [6, 6.07) is 3.70. The molecule has 4 heteroatoms. The summed E-state index contributed by atoms with van der Waals surface area (Å²) in [5, 5.41) is 9.01. The maximum Gasteiger partial charge on any atom is 0.307 e. The molecule has 0 saturated carbocycles. The quantitative estimate of drug-likeness (QED) is 0.867. The van der Waals surface area contributed by atoms with Gasteiger partial charge in [-0.3, -0.25) is 4.79 Å². The molecule has 0 amide bonds. The molecule has 1 N–H and O–H groups in total. The molecule has 112 valence electrons. The molecule has 0 aliphatic heterocycles. The number of rotatable bonds is 6. The molecule has 1 aromatic rings. The Labute approximate surface area is 120 Å². The first-order chi connectivity index (χ1) is 9.29. The number of aliphatic carboxylic acids is 1. The van der Waals surface area contributed by atoms with E-state index in [0.29, 0.717) is 24.5 Å². The second kappa shape index (κ2) is 6.64. The minimum Gasteiger partial charge on any atom is -0.494 e. The van der Waals surface area contributed by atoms with Gasteiger partial charge in [-0.1, -0.05) is 20.8 Å². The lowest BCUT2D eigenvalue weighted by Crippen LogP contribution is -2.15. The lowest BCUT2D eigenvalue weighted by atomic mass is 9.85. The van der Waals surface area contributed by atoms with Gasteiger partial charge in [0.15, 0.2) is 0 Å². The van der Waals surface area contributed by atoms with E-state index in [1.165, 1.54) is 0 Å². The molecule has 1 aromatic carbocycles. The van der Waals surface area contributed by atoms with Crippen LogP contribution >= 0.6 is 0 Å². The fraction of sp³-hybridized carbons (Fsp3) is 0.562. The van der Waals surface area contributed by atoms with Crippen molar-refractivity contribution in [2.75, 3.05) is 13.2 Å². The number of ether oxygens (including phenoxy) is 2. The van der Waals surface area contributed by atoms with Crippen LogP contribution in [0.4, 0.5) is 0 Å². The summed E-state index contributed by atoms with van der Waals surface area (Å²) >= 11 is 0. The van der Waals surface area contributed by atoms with Crippen molar-refractivity contribution >= 4 is 5.97 Å². The first-order valence-corrected chi connectivity index (χ1v) is 6.94. The zero-order chi connectivity index (χ0) is 15.3. The molecule has 0 radical (unpaired) electrons. The van der Waals surface area contributed by atoms with Gasteiger partial charge >= 0.3 is 5.97 Å². The SMILES string of the molecule is CCOc1cc(C(C)(C)C)c(OCC)cc1CC(=O)O. The summed E-state index contributed by atoms with van der Waals surface area (Å²) in [4.78, 5) is 11.0. The van der Waals surface area contributed by atoms with Gasteiger partial charge in [-0.15, -0.1) is 0 Å². The molecule has 0 saturated heterocycles. The van der Waals surface area contributed by atoms with E-state index in [1.807, 2.05) is 19.9 Å². The van der Waals surface area contributed by atoms with Crippen molar-refractivity contribution in [2.24, 2.45) is 0 Å². The van der Waals surface area contributed by atoms with Crippen LogP contribution in [0.15, 0.2) is 12.1 Å². The van der Waals surface area contributed by atoms with Crippen molar-refractivity contribution in [2.45, 2.75) is 46.5 Å². The van der Waals surface area contributed by atoms with Crippen LogP contribution in [-0.2, 0) is 16.6 Å². The Morgan fingerprint density at radius 1 is 1.10 bits per heavy atom. The fourth-order valence-electron chi connectivity index (χ4n) is 2.05. The van der Waals surface area contributed by atoms with E-state index in [0.717, 1.165) is 11.3 Å². The molecule has 4 nitrogen and oxygen atoms in total. The van der Waals surface area contributed by atoms with Crippen LogP contribution in [0.2, 0.25) is 0 Å². The Morgan fingerprint density at radius 3 is 2.10 bits per heavy atom. The van der Waals surface area contributed by atoms with Crippen molar-refractivity contribution < 1.29 is 19.4 Å². The molecule has 0 aromatic heterocycles. The molecule has 0 fully saturated rings. The van der Waals surface area contributed by atoms with Crippen LogP contribution in [0, 0.1) is 0 Å². The van der Waals surface area contributed by atoms with E-state index in [2.05, 4.69) is 20.8 Å². The molecule has 1 rings (SSSR count). The third kappa shape index (κ3) is 4.15. The summed E-state index contributed by atoms with van der Waals surface area (Å²) in [5.41, 5.74) is 1.57. The average Bonchev–Trinajstić information content (AvgIpc) is 2.30. The molecule has 0 aliphatic rings. The van der Waals surface area contributed by atoms with Crippen LogP contribution < -0.4 is 9.47 Å². The van der Waals surface area contributed by atoms with Gasteiger partial charge in [-0.25, -0.2) is 0 Å². The zero-order valence-electron chi connectivity index (χ0n) is 12.9. The van der Waals surface area contributed by atoms with E-state index in [4.69, 9.17) is 14.6 Å². The molecule has 20 heavy (non-hydrogen) atoms. The number of hydrogen-bond acceptors (Lipinski definition) is 3. The van der Waals surface area contributed by atoms with Crippen LogP contribution in [0.1, 0.15) is 45.7 Å². The third-order valence-corrected chi connectivity index (χ3v) is 2.91. The molecule has 0 atom stereocenters. The molecule has 0 heterocycles. The lowest BCUT2D eigenvalue weighted by molar-refractivity contribution is -0.136. The van der Waals surface area contributed by atoms with Crippen molar-refractivity contribution in [3.05, 3.63) is 23.3 Å². The minimum absolute atomic E-state index is 0.0696. The van der Waals surface area contributed by atoms with E-state index in [9.17, 15) is 4.79 Å². The molecule has 0 aliphatic carbocycles. The van der Waals surface area contributed by atoms with E-state index in [-0.39, 0.29) is 11.8 Å². The maximum atomic E-state index is 11.0. The Kier molecular flexibility index (Phi) is 5.43. The Bertz CT molecular complexity index is 472. The van der Waals surface area contributed by atoms with Crippen LogP contribution in [0.5, 0.6) is 11.5 Å². The lowest BCUT2D eigenvalue weighted by Gasteiger charge is -2.24. The molecule has 0 bridgehead atoms. The highest BCUT2D eigenvalue weighted by molar-refractivity contribution is 5.72. The standard InChI is InChI=1S/C16H24O4/c1-6-19-13-10-12(16(3,4)5)14(20-7-2)8-11(13)9-15(17)18/h8,10H,6-7,9H2,1-5H3,(H,17,18). The molecule has 0 unspecified atom stereocenters. The van der Waals surface area contributed by atoms with Gasteiger partial charge in [-0.2, -0.15) is 0 Å². The Morgan fingerprint density at radius 2 is 1.65 bits per heavy atom. The average molecular weight is 280 g/mol. The van der Waals surface area contributed by atoms with Gasteiger partial charge in [0.1, 0.15) is 11.5 Å². The van der Waals surface area contributed by atoms with Crippen molar-refractivity contribution in [3.63, 3.8) is 0 Å². The van der Waals surface area contributed by atoms with Gasteiger partial charge in [0, 0.05) is 11.1 Å². The van der Waals surface area contributed by atoms with Crippen LogP contribution in [-0.4, -0.2) is 24.3 Å². The van der Waals surface area contributed by atoms with Crippen LogP contribution in [0.25, 0.3) is 0 Å². The topological polar surface area (TPSA) is 55.8 Å². The van der Waals surface area contributed by atoms with Gasteiger partial charge in [0.05, 0.1) is 19.6 Å². The van der Waals surface area contributed by atoms with Crippen LogP contribution in [0.3, 0.4) is 0 Å². The smallest absolute Gasteiger partial charge is 0.307 e. The highest BCUT2D eigenvalue weighted by Gasteiger charge is 2.22. The summed E-state index contributed by atoms with van der Waals surface area (Å²) in [6.07, 6.45) is -0.0696. The second-order valence-electron chi connectivity index (χ2n) is 5.64. The van der Waals surface area contributed by atoms with Gasteiger partial charge in [-0.05, 0) is 31.4 Å². The fourth-order valence-corrected chi connectivity index (χ4v) is 2.05. The number of carboxylic acids is 1. The molecule has 0 spiro atoms. The van der Waals surface area contributed by atoms with Crippen molar-refractivity contribution in [1.82, 2.24) is 0 Å². The highest BCUT2D eigenvalue weighted by Crippen LogP contribution is 2.37. The Balaban J connectivity index is 3.37. The zero-order valence-corrected chi connectivity index (χ0v) is 12.9. The Hall–Kier alpha value is -1.71. The van der Waals surface area contributed by atoms with E-state index < -0.39 is 5.97 Å². The normalized spacial score (nSPS) is 11.2. The minimum atomic E-state index is -0.878. The van der Waals surface area contributed by atoms with Gasteiger partial charge in [0.25, 0.3) is 0 Å². The van der Waals surface area contributed by atoms with Crippen molar-refractivity contribution in [1.29, 1.82) is 0 Å². The van der Waals surface area contributed by atoms with E-state index >= 15 is 0 Å². The number of benzene rings is 1. The molecular weight excluding hydrogens is 256 g/mol. The predicted octanol–water partition coefficient (Wildman–Crippen LogP) is 3.41. The first kappa shape index (κ1) is 16.3. The maximum absolute atomic E-state index is 11.0. The first-order valence-electron chi connectivity index (χ1n) is 6.94. The number of carbonyl (C=O) groups is 1. The summed E-state index contributed by atoms with van der Waals surface area (Å²) < 4.78 is 11.3. The van der Waals surface area contributed by atoms with Crippen molar-refractivity contribution in [3.8, 4) is 11.5 Å². The highest BCUT2D eigenvalue weighted by atomic mass is 16.5. The van der Waals surface area contributed by atoms with E-state index in [1.54, 1.807) is 6.07 Å². The summed E-state index contributed by atoms with van der Waals surface area (Å²) in [7, 11) is 0. The monoisotopic (exact) mass is 280 g/mol. The van der Waals surface area contributed by atoms with Gasteiger partial charge < -0.3 is 14.6 Å².